The first kappa shape index (κ1) is 25.8. The molecule has 3 heterocycles. The summed E-state index contributed by atoms with van der Waals surface area (Å²) in [5, 5.41) is 24.4. The third kappa shape index (κ3) is 4.98. The number of carbonyl (C=O) groups excluding carboxylic acids is 1. The van der Waals surface area contributed by atoms with Gasteiger partial charge in [-0.2, -0.15) is 13.2 Å². The molecule has 3 aromatic rings. The van der Waals surface area contributed by atoms with Gasteiger partial charge in [0.05, 0.1) is 29.0 Å². The van der Waals surface area contributed by atoms with Crippen LogP contribution in [0.1, 0.15) is 49.6 Å². The summed E-state index contributed by atoms with van der Waals surface area (Å²) in [6.07, 6.45) is -2.54. The van der Waals surface area contributed by atoms with E-state index in [1.54, 1.807) is 19.1 Å². The van der Waals surface area contributed by atoms with Crippen molar-refractivity contribution in [1.82, 2.24) is 14.9 Å². The van der Waals surface area contributed by atoms with Gasteiger partial charge in [-0.15, -0.1) is 0 Å². The number of piperidine rings is 1. The molecular formula is C25H26F4N4O3. The van der Waals surface area contributed by atoms with E-state index in [1.165, 1.54) is 30.3 Å². The molecule has 0 radical (unpaired) electrons. The Bertz CT molecular complexity index is 1270. The van der Waals surface area contributed by atoms with Gasteiger partial charge in [0.25, 0.3) is 5.91 Å². The zero-order valence-corrected chi connectivity index (χ0v) is 19.7. The lowest BCUT2D eigenvalue weighted by atomic mass is 9.87. The quantitative estimate of drug-likeness (QED) is 0.450. The van der Waals surface area contributed by atoms with Gasteiger partial charge in [0, 0.05) is 35.9 Å². The predicted octanol–water partition coefficient (Wildman–Crippen LogP) is 4.15. The minimum absolute atomic E-state index is 0.141. The van der Waals surface area contributed by atoms with Crippen molar-refractivity contribution >= 4 is 22.5 Å². The average molecular weight is 507 g/mol. The van der Waals surface area contributed by atoms with Crippen molar-refractivity contribution in [2.24, 2.45) is 0 Å². The van der Waals surface area contributed by atoms with Crippen molar-refractivity contribution < 1.29 is 32.6 Å². The average Bonchev–Trinajstić information content (AvgIpc) is 2.83. The maximum atomic E-state index is 14.7. The summed E-state index contributed by atoms with van der Waals surface area (Å²) in [6, 6.07) is 5.60. The number of nitrogens with zero attached hydrogens (tertiary/aromatic N) is 3. The Hall–Kier alpha value is -3.31. The van der Waals surface area contributed by atoms with Gasteiger partial charge < -0.3 is 20.4 Å². The molecule has 11 heteroatoms. The van der Waals surface area contributed by atoms with E-state index in [0.717, 1.165) is 6.07 Å². The third-order valence-electron chi connectivity index (χ3n) is 6.54. The van der Waals surface area contributed by atoms with Crippen LogP contribution in [-0.4, -0.2) is 50.2 Å². The van der Waals surface area contributed by atoms with E-state index in [4.69, 9.17) is 0 Å². The van der Waals surface area contributed by atoms with Gasteiger partial charge >= 0.3 is 6.18 Å². The smallest absolute Gasteiger partial charge is 0.384 e. The first-order valence-corrected chi connectivity index (χ1v) is 11.5. The molecule has 0 bridgehead atoms. The van der Waals surface area contributed by atoms with E-state index >= 15 is 0 Å². The van der Waals surface area contributed by atoms with Crippen molar-refractivity contribution in [2.45, 2.75) is 50.6 Å². The van der Waals surface area contributed by atoms with Gasteiger partial charge in [0.1, 0.15) is 17.5 Å². The lowest BCUT2D eigenvalue weighted by Crippen LogP contribution is -2.48. The first-order chi connectivity index (χ1) is 16.9. The molecule has 1 fully saturated rings. The molecule has 1 aliphatic heterocycles. The first-order valence-electron chi connectivity index (χ1n) is 11.5. The number of nitrogens with one attached hydrogen (secondary N) is 1. The number of aliphatic hydroxyl groups is 2. The minimum Gasteiger partial charge on any atom is -0.384 e. The van der Waals surface area contributed by atoms with Gasteiger partial charge in [-0.1, -0.05) is 12.1 Å². The molecule has 0 saturated carbocycles. The number of halogens is 4. The molecule has 3 N–H and O–H groups in total. The highest BCUT2D eigenvalue weighted by molar-refractivity contribution is 5.91. The molecule has 1 saturated heterocycles. The Balaban J connectivity index is 1.62. The summed E-state index contributed by atoms with van der Waals surface area (Å²) in [6.45, 7) is 3.42. The normalized spacial score (nSPS) is 17.6. The third-order valence-corrected chi connectivity index (χ3v) is 6.54. The number of anilines is 1. The molecule has 7 nitrogen and oxygen atoms in total. The second-order valence-corrected chi connectivity index (χ2v) is 9.05. The van der Waals surface area contributed by atoms with Crippen LogP contribution in [0.25, 0.3) is 10.9 Å². The van der Waals surface area contributed by atoms with E-state index < -0.39 is 41.2 Å². The van der Waals surface area contributed by atoms with Crippen LogP contribution in [0.5, 0.6) is 0 Å². The molecule has 1 aromatic carbocycles. The Morgan fingerprint density at radius 3 is 2.50 bits per heavy atom. The highest BCUT2D eigenvalue weighted by Crippen LogP contribution is 2.37. The van der Waals surface area contributed by atoms with Crippen LogP contribution in [0.2, 0.25) is 0 Å². The number of amides is 1. The lowest BCUT2D eigenvalue weighted by Gasteiger charge is -2.38. The number of fused-ring (bicyclic) bond motifs is 1. The van der Waals surface area contributed by atoms with Crippen molar-refractivity contribution in [3.05, 3.63) is 65.4 Å². The van der Waals surface area contributed by atoms with Crippen LogP contribution >= 0.6 is 0 Å². The zero-order valence-electron chi connectivity index (χ0n) is 19.7. The second-order valence-electron chi connectivity index (χ2n) is 9.05. The highest BCUT2D eigenvalue weighted by Gasteiger charge is 2.38. The van der Waals surface area contributed by atoms with Crippen LogP contribution in [0.15, 0.2) is 42.7 Å². The van der Waals surface area contributed by atoms with Crippen molar-refractivity contribution in [3.63, 3.8) is 0 Å². The van der Waals surface area contributed by atoms with Crippen LogP contribution in [0, 0.1) is 5.82 Å². The molecule has 1 aliphatic rings. The number of alkyl halides is 3. The van der Waals surface area contributed by atoms with Crippen LogP contribution in [0.3, 0.4) is 0 Å². The minimum atomic E-state index is -4.81. The fourth-order valence-electron chi connectivity index (χ4n) is 4.46. The molecule has 2 aromatic heterocycles. The highest BCUT2D eigenvalue weighted by atomic mass is 19.4. The summed E-state index contributed by atoms with van der Waals surface area (Å²) in [5.74, 6) is -1.74. The fourth-order valence-corrected chi connectivity index (χ4v) is 4.46. The monoisotopic (exact) mass is 506 g/mol. The number of carbonyl (C=O) groups is 1. The standard InChI is InChI=1S/C25H26F4N4O3/c1-14(16-4-3-5-18(22(16)26)25(27,28)29)32-19-6-9-30-20-13-31-21(12-17(19)20)24(36)7-10-33(11-8-24)23(35)15(2)34/h3-6,9,12-15,34,36H,7-8,10-11H2,1-2H3,(H,30,32)/t14-,15+/m1/s1. The lowest BCUT2D eigenvalue weighted by molar-refractivity contribution is -0.144. The molecule has 0 aliphatic carbocycles. The maximum Gasteiger partial charge on any atom is 0.419 e. The largest absolute Gasteiger partial charge is 0.419 e. The van der Waals surface area contributed by atoms with Gasteiger partial charge in [0.2, 0.25) is 0 Å². The number of aromatic nitrogens is 2. The molecule has 36 heavy (non-hydrogen) atoms. The Morgan fingerprint density at radius 2 is 1.86 bits per heavy atom. The van der Waals surface area contributed by atoms with E-state index in [2.05, 4.69) is 15.3 Å². The summed E-state index contributed by atoms with van der Waals surface area (Å²) in [5.41, 5.74) is -1.48. The topological polar surface area (TPSA) is 98.6 Å². The van der Waals surface area contributed by atoms with E-state index in [-0.39, 0.29) is 31.5 Å². The van der Waals surface area contributed by atoms with Crippen LogP contribution in [-0.2, 0) is 16.6 Å². The number of likely N-dealkylation sites (tertiary alicyclic amines) is 1. The van der Waals surface area contributed by atoms with Gasteiger partial charge in [-0.05, 0) is 44.9 Å². The number of hydrogen-bond donors (Lipinski definition) is 3. The number of aliphatic hydroxyl groups excluding tert-OH is 1. The summed E-state index contributed by atoms with van der Waals surface area (Å²) in [7, 11) is 0. The zero-order chi connectivity index (χ0) is 26.3. The van der Waals surface area contributed by atoms with E-state index in [0.29, 0.717) is 28.4 Å². The van der Waals surface area contributed by atoms with Crippen molar-refractivity contribution in [2.75, 3.05) is 18.4 Å². The maximum absolute atomic E-state index is 14.7. The Kier molecular flexibility index (Phi) is 6.89. The molecule has 0 unspecified atom stereocenters. The molecule has 0 spiro atoms. The number of hydrogen-bond acceptors (Lipinski definition) is 6. The van der Waals surface area contributed by atoms with E-state index in [1.807, 2.05) is 0 Å². The second kappa shape index (κ2) is 9.62. The van der Waals surface area contributed by atoms with Gasteiger partial charge in [0.15, 0.2) is 0 Å². The summed E-state index contributed by atoms with van der Waals surface area (Å²) < 4.78 is 54.1. The van der Waals surface area contributed by atoms with Crippen LogP contribution < -0.4 is 5.32 Å². The van der Waals surface area contributed by atoms with Gasteiger partial charge in [-0.3, -0.25) is 14.8 Å². The molecular weight excluding hydrogens is 480 g/mol. The fraction of sp³-hybridized carbons (Fsp3) is 0.400. The van der Waals surface area contributed by atoms with Crippen molar-refractivity contribution in [3.8, 4) is 0 Å². The Morgan fingerprint density at radius 1 is 1.17 bits per heavy atom. The molecule has 4 rings (SSSR count). The van der Waals surface area contributed by atoms with E-state index in [9.17, 15) is 32.6 Å². The summed E-state index contributed by atoms with van der Waals surface area (Å²) in [4.78, 5) is 22.2. The Labute approximate surface area is 204 Å². The molecule has 192 valence electrons. The number of pyridine rings is 2. The number of benzene rings is 1. The van der Waals surface area contributed by atoms with Gasteiger partial charge in [-0.25, -0.2) is 4.39 Å². The predicted molar refractivity (Wildman–Crippen MR) is 124 cm³/mol. The van der Waals surface area contributed by atoms with Crippen molar-refractivity contribution in [1.29, 1.82) is 0 Å². The summed E-state index contributed by atoms with van der Waals surface area (Å²) >= 11 is 0. The molecule has 2 atom stereocenters. The molecule has 1 amide bonds. The SMILES string of the molecule is C[C@H](O)C(=O)N1CCC(O)(c2cc3c(N[C@H](C)c4cccc(C(F)(F)F)c4F)ccnc3cn2)CC1. The number of rotatable bonds is 5. The van der Waals surface area contributed by atoms with Crippen LogP contribution in [0.4, 0.5) is 23.2 Å².